The summed E-state index contributed by atoms with van der Waals surface area (Å²) in [4.78, 5) is 4.23. The lowest BCUT2D eigenvalue weighted by Gasteiger charge is -2.34. The van der Waals surface area contributed by atoms with Crippen molar-refractivity contribution in [1.82, 2.24) is 10.1 Å². The molecule has 1 heterocycles. The van der Waals surface area contributed by atoms with Crippen molar-refractivity contribution in [1.29, 1.82) is 0 Å². The maximum atomic E-state index is 14.1. The summed E-state index contributed by atoms with van der Waals surface area (Å²) < 4.78 is 29.5. The maximum Gasteiger partial charge on any atom is 0.261 e. The van der Waals surface area contributed by atoms with Crippen LogP contribution in [0.2, 0.25) is 0 Å². The SMILES string of the molecule is COc1cc(F)c(-c2nc(C3(N)CCC3)no2)cc1OC. The summed E-state index contributed by atoms with van der Waals surface area (Å²) >= 11 is 0. The minimum absolute atomic E-state index is 0.0835. The summed E-state index contributed by atoms with van der Waals surface area (Å²) in [5.74, 6) is 0.660. The van der Waals surface area contributed by atoms with E-state index in [2.05, 4.69) is 10.1 Å². The van der Waals surface area contributed by atoms with Gasteiger partial charge < -0.3 is 19.7 Å². The Morgan fingerprint density at radius 3 is 2.48 bits per heavy atom. The number of ether oxygens (including phenoxy) is 2. The van der Waals surface area contributed by atoms with E-state index in [0.29, 0.717) is 17.3 Å². The smallest absolute Gasteiger partial charge is 0.261 e. The molecule has 0 radical (unpaired) electrons. The Morgan fingerprint density at radius 2 is 1.90 bits per heavy atom. The standard InChI is InChI=1S/C14H16FN3O3/c1-19-10-6-8(9(15)7-11(10)20-2)12-17-13(18-21-12)14(16)4-3-5-14/h6-7H,3-5,16H2,1-2H3. The van der Waals surface area contributed by atoms with Crippen LogP contribution in [-0.2, 0) is 5.54 Å². The number of nitrogens with two attached hydrogens (primary N) is 1. The Hall–Kier alpha value is -2.15. The zero-order chi connectivity index (χ0) is 15.0. The Balaban J connectivity index is 2.00. The molecule has 0 amide bonds. The van der Waals surface area contributed by atoms with Gasteiger partial charge in [-0.3, -0.25) is 0 Å². The van der Waals surface area contributed by atoms with Crippen molar-refractivity contribution in [2.45, 2.75) is 24.8 Å². The number of hydrogen-bond donors (Lipinski definition) is 1. The zero-order valence-electron chi connectivity index (χ0n) is 11.9. The van der Waals surface area contributed by atoms with Crippen molar-refractivity contribution in [2.75, 3.05) is 14.2 Å². The van der Waals surface area contributed by atoms with Gasteiger partial charge in [0, 0.05) is 6.07 Å². The van der Waals surface area contributed by atoms with Crippen molar-refractivity contribution in [3.05, 3.63) is 23.8 Å². The summed E-state index contributed by atoms with van der Waals surface area (Å²) in [7, 11) is 2.92. The number of rotatable bonds is 4. The molecule has 0 saturated heterocycles. The Labute approximate surface area is 121 Å². The average Bonchev–Trinajstić information content (AvgIpc) is 2.94. The van der Waals surface area contributed by atoms with Gasteiger partial charge in [-0.05, 0) is 25.3 Å². The molecule has 6 nitrogen and oxygen atoms in total. The van der Waals surface area contributed by atoms with E-state index < -0.39 is 11.4 Å². The highest BCUT2D eigenvalue weighted by atomic mass is 19.1. The number of halogens is 1. The fraction of sp³-hybridized carbons (Fsp3) is 0.429. The van der Waals surface area contributed by atoms with Crippen LogP contribution < -0.4 is 15.2 Å². The molecule has 1 aliphatic carbocycles. The van der Waals surface area contributed by atoms with Gasteiger partial charge in [-0.1, -0.05) is 5.16 Å². The molecule has 0 spiro atoms. The molecule has 7 heteroatoms. The first kappa shape index (κ1) is 13.8. The van der Waals surface area contributed by atoms with Crippen LogP contribution in [0, 0.1) is 5.82 Å². The summed E-state index contributed by atoms with van der Waals surface area (Å²) in [6.45, 7) is 0. The first-order valence-electron chi connectivity index (χ1n) is 6.62. The second kappa shape index (κ2) is 5.00. The Kier molecular flexibility index (Phi) is 3.29. The molecule has 1 aromatic heterocycles. The molecular weight excluding hydrogens is 277 g/mol. The van der Waals surface area contributed by atoms with Crippen molar-refractivity contribution in [3.63, 3.8) is 0 Å². The minimum atomic E-state index is -0.547. The number of nitrogens with zero attached hydrogens (tertiary/aromatic N) is 2. The monoisotopic (exact) mass is 293 g/mol. The van der Waals surface area contributed by atoms with Gasteiger partial charge in [0.05, 0.1) is 25.3 Å². The Morgan fingerprint density at radius 1 is 1.24 bits per heavy atom. The van der Waals surface area contributed by atoms with Crippen LogP contribution in [0.5, 0.6) is 11.5 Å². The fourth-order valence-corrected chi connectivity index (χ4v) is 2.33. The lowest BCUT2D eigenvalue weighted by atomic mass is 9.77. The predicted molar refractivity (Wildman–Crippen MR) is 72.5 cm³/mol. The number of aromatic nitrogens is 2. The van der Waals surface area contributed by atoms with E-state index in [1.165, 1.54) is 26.4 Å². The highest BCUT2D eigenvalue weighted by Gasteiger charge is 2.39. The van der Waals surface area contributed by atoms with Crippen LogP contribution in [0.1, 0.15) is 25.1 Å². The van der Waals surface area contributed by atoms with Gasteiger partial charge in [-0.2, -0.15) is 4.98 Å². The first-order chi connectivity index (χ1) is 10.1. The van der Waals surface area contributed by atoms with Gasteiger partial charge in [0.25, 0.3) is 5.89 Å². The van der Waals surface area contributed by atoms with Gasteiger partial charge in [0.15, 0.2) is 17.3 Å². The molecule has 112 valence electrons. The fourth-order valence-electron chi connectivity index (χ4n) is 2.33. The van der Waals surface area contributed by atoms with E-state index in [4.69, 9.17) is 19.7 Å². The molecule has 0 atom stereocenters. The quantitative estimate of drug-likeness (QED) is 0.930. The van der Waals surface area contributed by atoms with E-state index in [9.17, 15) is 4.39 Å². The number of benzene rings is 1. The van der Waals surface area contributed by atoms with Gasteiger partial charge in [0.1, 0.15) is 5.82 Å². The zero-order valence-corrected chi connectivity index (χ0v) is 11.9. The van der Waals surface area contributed by atoms with Crippen molar-refractivity contribution in [3.8, 4) is 23.0 Å². The van der Waals surface area contributed by atoms with Crippen LogP contribution in [-0.4, -0.2) is 24.4 Å². The summed E-state index contributed by atoms with van der Waals surface area (Å²) in [6.07, 6.45) is 2.64. The van der Waals surface area contributed by atoms with E-state index in [1.54, 1.807) is 0 Å². The van der Waals surface area contributed by atoms with Crippen LogP contribution in [0.15, 0.2) is 16.7 Å². The Bertz CT molecular complexity index is 667. The predicted octanol–water partition coefficient (Wildman–Crippen LogP) is 2.23. The van der Waals surface area contributed by atoms with Crippen LogP contribution >= 0.6 is 0 Å². The molecule has 3 rings (SSSR count). The second-order valence-corrected chi connectivity index (χ2v) is 5.12. The molecule has 1 saturated carbocycles. The average molecular weight is 293 g/mol. The third kappa shape index (κ3) is 2.23. The summed E-state index contributed by atoms with van der Waals surface area (Å²) in [5.41, 5.74) is 5.75. The normalized spacial score (nSPS) is 16.4. The van der Waals surface area contributed by atoms with Gasteiger partial charge in [-0.15, -0.1) is 0 Å². The highest BCUT2D eigenvalue weighted by molar-refractivity contribution is 5.60. The first-order valence-corrected chi connectivity index (χ1v) is 6.62. The second-order valence-electron chi connectivity index (χ2n) is 5.12. The maximum absolute atomic E-state index is 14.1. The van der Waals surface area contributed by atoms with Gasteiger partial charge in [-0.25, -0.2) is 4.39 Å². The largest absolute Gasteiger partial charge is 0.493 e. The van der Waals surface area contributed by atoms with Gasteiger partial charge >= 0.3 is 0 Å². The topological polar surface area (TPSA) is 83.4 Å². The lowest BCUT2D eigenvalue weighted by Crippen LogP contribution is -2.44. The van der Waals surface area contributed by atoms with E-state index in [-0.39, 0.29) is 11.5 Å². The summed E-state index contributed by atoms with van der Waals surface area (Å²) in [5, 5.41) is 3.88. The van der Waals surface area contributed by atoms with Crippen LogP contribution in [0.25, 0.3) is 11.5 Å². The molecule has 1 aromatic carbocycles. The molecule has 1 fully saturated rings. The molecule has 21 heavy (non-hydrogen) atoms. The molecule has 2 aromatic rings. The molecule has 0 aliphatic heterocycles. The third-order valence-corrected chi connectivity index (χ3v) is 3.82. The molecule has 2 N–H and O–H groups in total. The van der Waals surface area contributed by atoms with Crippen molar-refractivity contribution in [2.24, 2.45) is 5.73 Å². The summed E-state index contributed by atoms with van der Waals surface area (Å²) in [6, 6.07) is 2.69. The lowest BCUT2D eigenvalue weighted by molar-refractivity contribution is 0.229. The number of hydrogen-bond acceptors (Lipinski definition) is 6. The molecular formula is C14H16FN3O3. The molecule has 1 aliphatic rings. The minimum Gasteiger partial charge on any atom is -0.493 e. The molecule has 0 bridgehead atoms. The van der Waals surface area contributed by atoms with E-state index in [1.807, 2.05) is 0 Å². The van der Waals surface area contributed by atoms with Crippen LogP contribution in [0.3, 0.4) is 0 Å². The number of methoxy groups -OCH3 is 2. The van der Waals surface area contributed by atoms with E-state index in [0.717, 1.165) is 19.3 Å². The van der Waals surface area contributed by atoms with Crippen LogP contribution in [0.4, 0.5) is 4.39 Å². The third-order valence-electron chi connectivity index (χ3n) is 3.82. The van der Waals surface area contributed by atoms with Crippen molar-refractivity contribution < 1.29 is 18.4 Å². The van der Waals surface area contributed by atoms with Crippen molar-refractivity contribution >= 4 is 0 Å². The van der Waals surface area contributed by atoms with Gasteiger partial charge in [0.2, 0.25) is 0 Å². The molecule has 0 unspecified atom stereocenters. The van der Waals surface area contributed by atoms with E-state index >= 15 is 0 Å². The highest BCUT2D eigenvalue weighted by Crippen LogP contribution is 2.39.